The van der Waals surface area contributed by atoms with E-state index in [0.717, 1.165) is 17.3 Å². The summed E-state index contributed by atoms with van der Waals surface area (Å²) in [4.78, 5) is 4.49. The topological polar surface area (TPSA) is 33.1 Å². The van der Waals surface area contributed by atoms with Gasteiger partial charge in [0, 0.05) is 17.0 Å². The molecule has 3 rings (SSSR count). The molecule has 1 heterocycles. The fraction of sp³-hybridized carbons (Fsp3) is 0.400. The normalized spacial score (nSPS) is 26.1. The van der Waals surface area contributed by atoms with Crippen LogP contribution >= 0.6 is 0 Å². The van der Waals surface area contributed by atoms with E-state index >= 15 is 0 Å². The first-order valence-corrected chi connectivity index (χ1v) is 6.05. The molecule has 1 N–H and O–H groups in total. The highest BCUT2D eigenvalue weighted by Gasteiger charge is 2.61. The largest absolute Gasteiger partial charge is 0.395 e. The zero-order valence-electron chi connectivity index (χ0n) is 10.3. The maximum atomic E-state index is 9.69. The van der Waals surface area contributed by atoms with Gasteiger partial charge in [-0.1, -0.05) is 32.0 Å². The van der Waals surface area contributed by atoms with Crippen LogP contribution in [0.3, 0.4) is 0 Å². The Morgan fingerprint density at radius 2 is 2.00 bits per heavy atom. The minimum absolute atomic E-state index is 0.0793. The molecule has 1 unspecified atom stereocenters. The van der Waals surface area contributed by atoms with Crippen LogP contribution in [0.2, 0.25) is 0 Å². The smallest absolute Gasteiger partial charge is 0.0702 e. The van der Waals surface area contributed by atoms with Gasteiger partial charge in [-0.15, -0.1) is 0 Å². The Kier molecular flexibility index (Phi) is 2.08. The molecular formula is C15H17NO. The Balaban J connectivity index is 2.13. The summed E-state index contributed by atoms with van der Waals surface area (Å²) in [5.41, 5.74) is 2.29. The number of rotatable bonds is 2. The first-order chi connectivity index (χ1) is 8.09. The molecular weight excluding hydrogens is 210 g/mol. The maximum Gasteiger partial charge on any atom is 0.0702 e. The molecule has 1 saturated carbocycles. The van der Waals surface area contributed by atoms with Crippen LogP contribution in [0.1, 0.15) is 25.8 Å². The average Bonchev–Trinajstić information content (AvgIpc) is 2.92. The summed E-state index contributed by atoms with van der Waals surface area (Å²) >= 11 is 0. The second kappa shape index (κ2) is 3.30. The zero-order chi connectivity index (χ0) is 12.1. The zero-order valence-corrected chi connectivity index (χ0v) is 10.3. The van der Waals surface area contributed by atoms with Crippen molar-refractivity contribution < 1.29 is 5.11 Å². The van der Waals surface area contributed by atoms with E-state index in [1.54, 1.807) is 0 Å². The van der Waals surface area contributed by atoms with E-state index in [0.29, 0.717) is 0 Å². The number of aliphatic hydroxyl groups is 1. The van der Waals surface area contributed by atoms with Gasteiger partial charge < -0.3 is 5.11 Å². The highest BCUT2D eigenvalue weighted by atomic mass is 16.3. The van der Waals surface area contributed by atoms with Crippen molar-refractivity contribution in [1.29, 1.82) is 0 Å². The Bertz CT molecular complexity index is 576. The van der Waals surface area contributed by atoms with Gasteiger partial charge in [0.2, 0.25) is 0 Å². The van der Waals surface area contributed by atoms with Crippen LogP contribution in [-0.4, -0.2) is 16.7 Å². The summed E-state index contributed by atoms with van der Waals surface area (Å²) in [6.07, 6.45) is 2.96. The van der Waals surface area contributed by atoms with Gasteiger partial charge in [0.05, 0.1) is 12.1 Å². The lowest BCUT2D eigenvalue weighted by Gasteiger charge is -2.18. The van der Waals surface area contributed by atoms with Gasteiger partial charge in [0.1, 0.15) is 0 Å². The lowest BCUT2D eigenvalue weighted by molar-refractivity contribution is 0.231. The molecule has 2 aromatic rings. The second-order valence-electron chi connectivity index (χ2n) is 5.72. The summed E-state index contributed by atoms with van der Waals surface area (Å²) in [6, 6.07) is 10.3. The van der Waals surface area contributed by atoms with Gasteiger partial charge in [-0.3, -0.25) is 4.98 Å². The minimum atomic E-state index is -0.0793. The Hall–Kier alpha value is -1.41. The monoisotopic (exact) mass is 227 g/mol. The van der Waals surface area contributed by atoms with Crippen molar-refractivity contribution >= 4 is 10.9 Å². The van der Waals surface area contributed by atoms with Gasteiger partial charge in [0.15, 0.2) is 0 Å². The molecule has 1 atom stereocenters. The molecule has 1 aliphatic rings. The summed E-state index contributed by atoms with van der Waals surface area (Å²) in [5, 5.41) is 10.8. The van der Waals surface area contributed by atoms with Crippen molar-refractivity contribution in [2.75, 3.05) is 6.61 Å². The van der Waals surface area contributed by atoms with E-state index in [1.807, 2.05) is 24.4 Å². The second-order valence-corrected chi connectivity index (χ2v) is 5.72. The average molecular weight is 227 g/mol. The highest BCUT2D eigenvalue weighted by Crippen LogP contribution is 2.63. The first-order valence-electron chi connectivity index (χ1n) is 6.05. The molecule has 0 aliphatic heterocycles. The predicted molar refractivity (Wildman–Crippen MR) is 68.9 cm³/mol. The molecule has 0 saturated heterocycles. The van der Waals surface area contributed by atoms with Gasteiger partial charge in [-0.05, 0) is 29.5 Å². The molecule has 0 amide bonds. The third kappa shape index (κ3) is 1.40. The number of hydrogen-bond donors (Lipinski definition) is 1. The number of aromatic nitrogens is 1. The number of aliphatic hydroxyl groups excluding tert-OH is 1. The lowest BCUT2D eigenvalue weighted by Crippen LogP contribution is -2.19. The molecule has 1 aromatic heterocycles. The van der Waals surface area contributed by atoms with Crippen molar-refractivity contribution in [2.45, 2.75) is 25.7 Å². The molecule has 0 bridgehead atoms. The van der Waals surface area contributed by atoms with Gasteiger partial charge >= 0.3 is 0 Å². The van der Waals surface area contributed by atoms with Crippen LogP contribution in [-0.2, 0) is 5.41 Å². The summed E-state index contributed by atoms with van der Waals surface area (Å²) in [6.45, 7) is 4.62. The van der Waals surface area contributed by atoms with Gasteiger partial charge in [0.25, 0.3) is 0 Å². The standard InChI is InChI=1S/C15H17NO/c1-14(2)9-15(14,10-17)12-7-11-5-3-4-6-13(11)16-8-12/h3-8,17H,9-10H2,1-2H3. The summed E-state index contributed by atoms with van der Waals surface area (Å²) < 4.78 is 0. The number of pyridine rings is 1. The third-order valence-corrected chi connectivity index (χ3v) is 4.33. The van der Waals surface area contributed by atoms with E-state index < -0.39 is 0 Å². The minimum Gasteiger partial charge on any atom is -0.395 e. The maximum absolute atomic E-state index is 9.69. The molecule has 17 heavy (non-hydrogen) atoms. The van der Waals surface area contributed by atoms with Crippen molar-refractivity contribution in [1.82, 2.24) is 4.98 Å². The van der Waals surface area contributed by atoms with E-state index in [4.69, 9.17) is 0 Å². The van der Waals surface area contributed by atoms with Crippen LogP contribution in [0.25, 0.3) is 10.9 Å². The van der Waals surface area contributed by atoms with Crippen LogP contribution in [0.4, 0.5) is 0 Å². The van der Waals surface area contributed by atoms with E-state index in [1.165, 1.54) is 5.56 Å². The number of nitrogens with zero attached hydrogens (tertiary/aromatic N) is 1. The predicted octanol–water partition coefficient (Wildman–Crippen LogP) is 2.89. The van der Waals surface area contributed by atoms with Crippen LogP contribution in [0, 0.1) is 5.41 Å². The lowest BCUT2D eigenvalue weighted by atomic mass is 9.89. The first kappa shape index (κ1) is 10.7. The van der Waals surface area contributed by atoms with Gasteiger partial charge in [-0.2, -0.15) is 0 Å². The van der Waals surface area contributed by atoms with Crippen molar-refractivity contribution in [2.24, 2.45) is 5.41 Å². The van der Waals surface area contributed by atoms with Gasteiger partial charge in [-0.25, -0.2) is 0 Å². The molecule has 0 radical (unpaired) electrons. The van der Waals surface area contributed by atoms with Crippen LogP contribution in [0.15, 0.2) is 36.5 Å². The molecule has 1 aliphatic carbocycles. The summed E-state index contributed by atoms with van der Waals surface area (Å²) in [5.74, 6) is 0. The fourth-order valence-corrected chi connectivity index (χ4v) is 2.90. The number of fused-ring (bicyclic) bond motifs is 1. The molecule has 2 nitrogen and oxygen atoms in total. The van der Waals surface area contributed by atoms with Crippen molar-refractivity contribution in [3.8, 4) is 0 Å². The van der Waals surface area contributed by atoms with E-state index in [9.17, 15) is 5.11 Å². The van der Waals surface area contributed by atoms with E-state index in [-0.39, 0.29) is 17.4 Å². The van der Waals surface area contributed by atoms with Crippen molar-refractivity contribution in [3.05, 3.63) is 42.1 Å². The molecule has 2 heteroatoms. The van der Waals surface area contributed by atoms with Crippen molar-refractivity contribution in [3.63, 3.8) is 0 Å². The Labute approximate surface area is 101 Å². The summed E-state index contributed by atoms with van der Waals surface area (Å²) in [7, 11) is 0. The number of hydrogen-bond acceptors (Lipinski definition) is 2. The SMILES string of the molecule is CC1(C)CC1(CO)c1cnc2ccccc2c1. The Morgan fingerprint density at radius 1 is 1.29 bits per heavy atom. The third-order valence-electron chi connectivity index (χ3n) is 4.33. The molecule has 1 aromatic carbocycles. The highest BCUT2D eigenvalue weighted by molar-refractivity contribution is 5.79. The molecule has 1 fully saturated rings. The van der Waals surface area contributed by atoms with E-state index in [2.05, 4.69) is 31.0 Å². The Morgan fingerprint density at radius 3 is 2.65 bits per heavy atom. The van der Waals surface area contributed by atoms with Crippen LogP contribution in [0.5, 0.6) is 0 Å². The number of para-hydroxylation sites is 1. The molecule has 0 spiro atoms. The fourth-order valence-electron chi connectivity index (χ4n) is 2.90. The quantitative estimate of drug-likeness (QED) is 0.855. The molecule has 88 valence electrons. The number of benzene rings is 1. The van der Waals surface area contributed by atoms with Crippen LogP contribution < -0.4 is 0 Å².